The lowest BCUT2D eigenvalue weighted by molar-refractivity contribution is -0.128. The largest absolute Gasteiger partial charge is 0.355 e. The fourth-order valence-electron chi connectivity index (χ4n) is 2.65. The van der Waals surface area contributed by atoms with Gasteiger partial charge in [-0.1, -0.05) is 32.9 Å². The first kappa shape index (κ1) is 18.6. The molecule has 27 heavy (non-hydrogen) atoms. The molecule has 0 saturated heterocycles. The summed E-state index contributed by atoms with van der Waals surface area (Å²) in [6.45, 7) is 5.84. The number of fused-ring (bicyclic) bond motifs is 1. The Balaban J connectivity index is 1.58. The van der Waals surface area contributed by atoms with E-state index in [0.717, 1.165) is 22.4 Å². The van der Waals surface area contributed by atoms with E-state index >= 15 is 0 Å². The minimum absolute atomic E-state index is 0.0628. The number of amides is 2. The number of rotatable bonds is 5. The zero-order chi connectivity index (χ0) is 19.4. The number of hydrogen-bond donors (Lipinski definition) is 2. The summed E-state index contributed by atoms with van der Waals surface area (Å²) in [7, 11) is 0. The van der Waals surface area contributed by atoms with E-state index < -0.39 is 5.41 Å². The first-order chi connectivity index (χ1) is 12.8. The lowest BCUT2D eigenvalue weighted by atomic mass is 9.96. The molecule has 0 aliphatic heterocycles. The lowest BCUT2D eigenvalue weighted by Crippen LogP contribution is -2.36. The monoisotopic (exact) mass is 364 g/mol. The summed E-state index contributed by atoms with van der Waals surface area (Å²) in [4.78, 5) is 28.2. The third-order valence-electron chi connectivity index (χ3n) is 4.20. The molecule has 0 atom stereocenters. The van der Waals surface area contributed by atoms with Gasteiger partial charge in [-0.2, -0.15) is 0 Å². The van der Waals surface area contributed by atoms with Crippen LogP contribution < -0.4 is 10.6 Å². The minimum Gasteiger partial charge on any atom is -0.355 e. The second-order valence-corrected chi connectivity index (χ2v) is 7.45. The van der Waals surface area contributed by atoms with E-state index in [1.165, 1.54) is 0 Å². The SMILES string of the molecule is CC(C)(C)C(=O)NCCC(=O)Nc1ccc(-n2cnc3ccccc32)cc1. The Morgan fingerprint density at radius 2 is 1.74 bits per heavy atom. The maximum absolute atomic E-state index is 12.1. The summed E-state index contributed by atoms with van der Waals surface area (Å²) < 4.78 is 2.00. The number of anilines is 1. The van der Waals surface area contributed by atoms with Crippen molar-refractivity contribution >= 4 is 28.5 Å². The summed E-state index contributed by atoms with van der Waals surface area (Å²) >= 11 is 0. The number of carbonyl (C=O) groups excluding carboxylic acids is 2. The van der Waals surface area contributed by atoms with Crippen LogP contribution >= 0.6 is 0 Å². The van der Waals surface area contributed by atoms with Crippen LogP contribution in [0.4, 0.5) is 5.69 Å². The summed E-state index contributed by atoms with van der Waals surface area (Å²) in [5.41, 5.74) is 3.20. The van der Waals surface area contributed by atoms with Gasteiger partial charge in [-0.25, -0.2) is 4.98 Å². The maximum Gasteiger partial charge on any atom is 0.226 e. The first-order valence-corrected chi connectivity index (χ1v) is 8.95. The summed E-state index contributed by atoms with van der Waals surface area (Å²) in [6.07, 6.45) is 2.02. The van der Waals surface area contributed by atoms with Crippen LogP contribution in [0.5, 0.6) is 0 Å². The standard InChI is InChI=1S/C21H24N4O2/c1-21(2,3)20(27)22-13-12-19(26)24-15-8-10-16(11-9-15)25-14-23-17-6-4-5-7-18(17)25/h4-11,14H,12-13H2,1-3H3,(H,22,27)(H,24,26). The molecule has 0 unspecified atom stereocenters. The molecule has 140 valence electrons. The Bertz CT molecular complexity index is 952. The molecule has 3 aromatic rings. The van der Waals surface area contributed by atoms with Crippen molar-refractivity contribution in [3.63, 3.8) is 0 Å². The van der Waals surface area contributed by atoms with Crippen LogP contribution in [0.2, 0.25) is 0 Å². The van der Waals surface area contributed by atoms with Crippen molar-refractivity contribution in [3.05, 3.63) is 54.9 Å². The van der Waals surface area contributed by atoms with Gasteiger partial charge in [0.25, 0.3) is 0 Å². The van der Waals surface area contributed by atoms with Crippen LogP contribution in [0, 0.1) is 5.41 Å². The Hall–Kier alpha value is -3.15. The predicted molar refractivity (Wildman–Crippen MR) is 107 cm³/mol. The van der Waals surface area contributed by atoms with Gasteiger partial charge in [0, 0.05) is 29.8 Å². The Morgan fingerprint density at radius 3 is 2.44 bits per heavy atom. The van der Waals surface area contributed by atoms with E-state index in [-0.39, 0.29) is 18.2 Å². The molecule has 1 heterocycles. The summed E-state index contributed by atoms with van der Waals surface area (Å²) in [5, 5.41) is 5.62. The van der Waals surface area contributed by atoms with Crippen LogP contribution in [0.1, 0.15) is 27.2 Å². The zero-order valence-corrected chi connectivity index (χ0v) is 15.8. The van der Waals surface area contributed by atoms with Gasteiger partial charge < -0.3 is 10.6 Å². The molecule has 0 radical (unpaired) electrons. The van der Waals surface area contributed by atoms with Crippen molar-refractivity contribution in [2.75, 3.05) is 11.9 Å². The molecule has 0 saturated carbocycles. The first-order valence-electron chi connectivity index (χ1n) is 8.95. The molecule has 2 aromatic carbocycles. The van der Waals surface area contributed by atoms with Gasteiger partial charge in [0.05, 0.1) is 11.0 Å². The van der Waals surface area contributed by atoms with Gasteiger partial charge in [0.2, 0.25) is 11.8 Å². The van der Waals surface area contributed by atoms with Crippen molar-refractivity contribution in [2.24, 2.45) is 5.41 Å². The number of carbonyl (C=O) groups is 2. The van der Waals surface area contributed by atoms with Gasteiger partial charge in [0.1, 0.15) is 6.33 Å². The van der Waals surface area contributed by atoms with Crippen LogP contribution in [0.15, 0.2) is 54.9 Å². The van der Waals surface area contributed by atoms with E-state index in [1.54, 1.807) is 6.33 Å². The molecule has 1 aromatic heterocycles. The van der Waals surface area contributed by atoms with Crippen molar-refractivity contribution < 1.29 is 9.59 Å². The average Bonchev–Trinajstić information content (AvgIpc) is 3.05. The lowest BCUT2D eigenvalue weighted by Gasteiger charge is -2.17. The molecule has 6 heteroatoms. The molecular formula is C21H24N4O2. The Labute approximate surface area is 158 Å². The highest BCUT2D eigenvalue weighted by Gasteiger charge is 2.20. The van der Waals surface area contributed by atoms with Gasteiger partial charge >= 0.3 is 0 Å². The van der Waals surface area contributed by atoms with Crippen LogP contribution in [-0.2, 0) is 9.59 Å². The van der Waals surface area contributed by atoms with Crippen LogP contribution in [-0.4, -0.2) is 27.9 Å². The van der Waals surface area contributed by atoms with E-state index in [4.69, 9.17) is 0 Å². The molecule has 0 aliphatic rings. The van der Waals surface area contributed by atoms with E-state index in [9.17, 15) is 9.59 Å². The number of hydrogen-bond acceptors (Lipinski definition) is 3. The molecule has 2 amide bonds. The normalized spacial score (nSPS) is 11.4. The predicted octanol–water partition coefficient (Wildman–Crippen LogP) is 3.52. The average molecular weight is 364 g/mol. The van der Waals surface area contributed by atoms with Gasteiger partial charge in [-0.05, 0) is 36.4 Å². The Kier molecular flexibility index (Phi) is 5.26. The highest BCUT2D eigenvalue weighted by Crippen LogP contribution is 2.19. The zero-order valence-electron chi connectivity index (χ0n) is 15.8. The second kappa shape index (κ2) is 7.61. The number of aromatic nitrogens is 2. The van der Waals surface area contributed by atoms with Crippen molar-refractivity contribution in [1.82, 2.24) is 14.9 Å². The molecular weight excluding hydrogens is 340 g/mol. The second-order valence-electron chi connectivity index (χ2n) is 7.45. The van der Waals surface area contributed by atoms with Gasteiger partial charge in [-0.3, -0.25) is 14.2 Å². The number of nitrogens with one attached hydrogen (secondary N) is 2. The maximum atomic E-state index is 12.1. The van der Waals surface area contributed by atoms with Crippen molar-refractivity contribution in [3.8, 4) is 5.69 Å². The molecule has 0 fully saturated rings. The number of nitrogens with zero attached hydrogens (tertiary/aromatic N) is 2. The quantitative estimate of drug-likeness (QED) is 0.727. The highest BCUT2D eigenvalue weighted by molar-refractivity contribution is 5.91. The molecule has 0 spiro atoms. The fourth-order valence-corrected chi connectivity index (χ4v) is 2.65. The smallest absolute Gasteiger partial charge is 0.226 e. The van der Waals surface area contributed by atoms with Crippen LogP contribution in [0.25, 0.3) is 16.7 Å². The fraction of sp³-hybridized carbons (Fsp3) is 0.286. The number of para-hydroxylation sites is 2. The van der Waals surface area contributed by atoms with E-state index in [2.05, 4.69) is 15.6 Å². The molecule has 3 rings (SSSR count). The third kappa shape index (κ3) is 4.53. The van der Waals surface area contributed by atoms with E-state index in [1.807, 2.05) is 73.9 Å². The summed E-state index contributed by atoms with van der Waals surface area (Å²) in [5.74, 6) is -0.197. The summed E-state index contributed by atoms with van der Waals surface area (Å²) in [6, 6.07) is 15.5. The van der Waals surface area contributed by atoms with Gasteiger partial charge in [0.15, 0.2) is 0 Å². The van der Waals surface area contributed by atoms with Crippen molar-refractivity contribution in [1.29, 1.82) is 0 Å². The third-order valence-corrected chi connectivity index (χ3v) is 4.20. The molecule has 6 nitrogen and oxygen atoms in total. The molecule has 0 bridgehead atoms. The molecule has 2 N–H and O–H groups in total. The Morgan fingerprint density at radius 1 is 1.04 bits per heavy atom. The number of imidazole rings is 1. The van der Waals surface area contributed by atoms with Gasteiger partial charge in [-0.15, -0.1) is 0 Å². The number of benzene rings is 2. The van der Waals surface area contributed by atoms with Crippen LogP contribution in [0.3, 0.4) is 0 Å². The molecule has 0 aliphatic carbocycles. The van der Waals surface area contributed by atoms with E-state index in [0.29, 0.717) is 6.54 Å². The van der Waals surface area contributed by atoms with Crippen molar-refractivity contribution in [2.45, 2.75) is 27.2 Å². The minimum atomic E-state index is -0.455. The topological polar surface area (TPSA) is 76.0 Å². The highest BCUT2D eigenvalue weighted by atomic mass is 16.2.